The Morgan fingerprint density at radius 1 is 1.15 bits per heavy atom. The summed E-state index contributed by atoms with van der Waals surface area (Å²) in [5.41, 5.74) is 2.25. The van der Waals surface area contributed by atoms with Crippen molar-refractivity contribution in [3.8, 4) is 5.75 Å². The Hall–Kier alpha value is -2.26. The number of ether oxygens (including phenoxy) is 2. The number of carbonyl (C=O) groups excluding carboxylic acids is 1. The molecule has 1 aliphatic heterocycles. The zero-order valence-corrected chi connectivity index (χ0v) is 11.5. The van der Waals surface area contributed by atoms with Gasteiger partial charge in [0.1, 0.15) is 12.0 Å². The lowest BCUT2D eigenvalue weighted by Crippen LogP contribution is -1.92. The van der Waals surface area contributed by atoms with Crippen LogP contribution in [0.25, 0.3) is 5.76 Å². The van der Waals surface area contributed by atoms with Crippen LogP contribution < -0.4 is 4.74 Å². The van der Waals surface area contributed by atoms with Crippen LogP contribution in [0.3, 0.4) is 0 Å². The van der Waals surface area contributed by atoms with Crippen molar-refractivity contribution in [2.24, 2.45) is 0 Å². The number of esters is 1. The van der Waals surface area contributed by atoms with E-state index in [1.165, 1.54) is 6.26 Å². The largest absolute Gasteiger partial charge is 0.461 e. The molecule has 3 nitrogen and oxygen atoms in total. The molecule has 0 saturated carbocycles. The fraction of sp³-hybridized carbons (Fsp3) is 0.0625. The van der Waals surface area contributed by atoms with Crippen molar-refractivity contribution in [1.82, 2.24) is 0 Å². The molecule has 0 radical (unpaired) electrons. The first-order valence-corrected chi connectivity index (χ1v) is 6.47. The van der Waals surface area contributed by atoms with Gasteiger partial charge in [0.05, 0.1) is 5.56 Å². The average molecular weight is 287 g/mol. The maximum Gasteiger partial charge on any atom is 0.344 e. The molecule has 0 aliphatic carbocycles. The van der Waals surface area contributed by atoms with Crippen LogP contribution in [-0.2, 0) is 4.74 Å². The summed E-state index contributed by atoms with van der Waals surface area (Å²) < 4.78 is 10.7. The first-order chi connectivity index (χ1) is 9.65. The van der Waals surface area contributed by atoms with E-state index in [9.17, 15) is 4.79 Å². The third-order valence-corrected chi connectivity index (χ3v) is 3.47. The second-order valence-electron chi connectivity index (χ2n) is 4.45. The molecule has 0 amide bonds. The maximum absolute atomic E-state index is 11.6. The minimum atomic E-state index is -0.364. The Morgan fingerprint density at radius 2 is 1.90 bits per heavy atom. The summed E-state index contributed by atoms with van der Waals surface area (Å²) in [6, 6.07) is 12.6. The zero-order valence-electron chi connectivity index (χ0n) is 10.7. The topological polar surface area (TPSA) is 35.5 Å². The fourth-order valence-corrected chi connectivity index (χ4v) is 2.11. The van der Waals surface area contributed by atoms with Crippen molar-refractivity contribution in [3.63, 3.8) is 0 Å². The van der Waals surface area contributed by atoms with Gasteiger partial charge in [-0.2, -0.15) is 0 Å². The van der Waals surface area contributed by atoms with E-state index in [1.54, 1.807) is 24.3 Å². The first-order valence-electron chi connectivity index (χ1n) is 6.10. The Kier molecular flexibility index (Phi) is 3.20. The number of fused-ring (bicyclic) bond motifs is 1. The van der Waals surface area contributed by atoms with E-state index in [4.69, 9.17) is 21.1 Å². The van der Waals surface area contributed by atoms with Gasteiger partial charge >= 0.3 is 5.97 Å². The van der Waals surface area contributed by atoms with Crippen molar-refractivity contribution in [2.75, 3.05) is 0 Å². The van der Waals surface area contributed by atoms with Gasteiger partial charge in [0.25, 0.3) is 0 Å². The van der Waals surface area contributed by atoms with Gasteiger partial charge in [-0.25, -0.2) is 4.79 Å². The summed E-state index contributed by atoms with van der Waals surface area (Å²) in [6.45, 7) is 1.92. The van der Waals surface area contributed by atoms with Crippen LogP contribution in [0.2, 0.25) is 5.02 Å². The predicted molar refractivity (Wildman–Crippen MR) is 76.7 cm³/mol. The molecule has 4 heteroatoms. The average Bonchev–Trinajstić information content (AvgIpc) is 2.78. The summed E-state index contributed by atoms with van der Waals surface area (Å²) in [6.07, 6.45) is 1.42. The quantitative estimate of drug-likeness (QED) is 0.613. The number of halogens is 1. The molecule has 0 unspecified atom stereocenters. The maximum atomic E-state index is 11.6. The molecular weight excluding hydrogens is 276 g/mol. The minimum absolute atomic E-state index is 0.364. The molecule has 0 aromatic heterocycles. The molecule has 100 valence electrons. The second kappa shape index (κ2) is 5.02. The smallest absolute Gasteiger partial charge is 0.344 e. The summed E-state index contributed by atoms with van der Waals surface area (Å²) in [5.74, 6) is 0.633. The minimum Gasteiger partial charge on any atom is -0.461 e. The number of hydrogen-bond acceptors (Lipinski definition) is 3. The standard InChI is InChI=1S/C16H11ClO3/c1-10-6-7-11(8-14(10)17)19-9-15-12-4-2-3-5-13(12)16(18)20-15/h2-9H,1H3/b15-9-. The Morgan fingerprint density at radius 3 is 2.65 bits per heavy atom. The molecule has 0 bridgehead atoms. The fourth-order valence-electron chi connectivity index (χ4n) is 1.94. The van der Waals surface area contributed by atoms with Crippen molar-refractivity contribution >= 4 is 23.3 Å². The Bertz CT molecular complexity index is 719. The number of aryl methyl sites for hydroxylation is 1. The summed E-state index contributed by atoms with van der Waals surface area (Å²) in [4.78, 5) is 11.6. The molecule has 0 N–H and O–H groups in total. The van der Waals surface area contributed by atoms with Crippen LogP contribution in [0.15, 0.2) is 48.7 Å². The zero-order chi connectivity index (χ0) is 14.1. The Labute approximate surface area is 121 Å². The van der Waals surface area contributed by atoms with E-state index in [-0.39, 0.29) is 5.97 Å². The highest BCUT2D eigenvalue weighted by Gasteiger charge is 2.26. The predicted octanol–water partition coefficient (Wildman–Crippen LogP) is 4.20. The highest BCUT2D eigenvalue weighted by Crippen LogP contribution is 2.30. The summed E-state index contributed by atoms with van der Waals surface area (Å²) >= 11 is 6.03. The van der Waals surface area contributed by atoms with Gasteiger partial charge < -0.3 is 9.47 Å². The van der Waals surface area contributed by atoms with Gasteiger partial charge in [-0.3, -0.25) is 0 Å². The number of cyclic esters (lactones) is 1. The molecule has 0 fully saturated rings. The van der Waals surface area contributed by atoms with Crippen LogP contribution >= 0.6 is 11.6 Å². The van der Waals surface area contributed by atoms with Crippen LogP contribution in [0.4, 0.5) is 0 Å². The monoisotopic (exact) mass is 286 g/mol. The molecule has 0 spiro atoms. The summed E-state index contributed by atoms with van der Waals surface area (Å²) in [7, 11) is 0. The summed E-state index contributed by atoms with van der Waals surface area (Å²) in [5, 5.41) is 0.629. The Balaban J connectivity index is 1.87. The highest BCUT2D eigenvalue weighted by atomic mass is 35.5. The second-order valence-corrected chi connectivity index (χ2v) is 4.85. The molecular formula is C16H11ClO3. The van der Waals surface area contributed by atoms with Crippen molar-refractivity contribution < 1.29 is 14.3 Å². The number of hydrogen-bond donors (Lipinski definition) is 0. The number of rotatable bonds is 2. The lowest BCUT2D eigenvalue weighted by atomic mass is 10.1. The van der Waals surface area contributed by atoms with E-state index in [0.717, 1.165) is 11.1 Å². The first kappa shape index (κ1) is 12.8. The molecule has 2 aromatic carbocycles. The van der Waals surface area contributed by atoms with Crippen molar-refractivity contribution in [3.05, 3.63) is 70.4 Å². The lowest BCUT2D eigenvalue weighted by molar-refractivity contribution is 0.0712. The lowest BCUT2D eigenvalue weighted by Gasteiger charge is -2.04. The van der Waals surface area contributed by atoms with Crippen LogP contribution in [0.1, 0.15) is 21.5 Å². The third-order valence-electron chi connectivity index (χ3n) is 3.06. The molecule has 0 saturated heterocycles. The van der Waals surface area contributed by atoms with Crippen molar-refractivity contribution in [1.29, 1.82) is 0 Å². The van der Waals surface area contributed by atoms with E-state index in [1.807, 2.05) is 25.1 Å². The van der Waals surface area contributed by atoms with Crippen LogP contribution in [0.5, 0.6) is 5.75 Å². The molecule has 3 rings (SSSR count). The molecule has 1 aliphatic rings. The van der Waals surface area contributed by atoms with Crippen molar-refractivity contribution in [2.45, 2.75) is 6.92 Å². The molecule has 0 atom stereocenters. The van der Waals surface area contributed by atoms with Gasteiger partial charge in [0.15, 0.2) is 5.76 Å². The number of benzene rings is 2. The van der Waals surface area contributed by atoms with E-state index in [0.29, 0.717) is 22.1 Å². The molecule has 20 heavy (non-hydrogen) atoms. The van der Waals surface area contributed by atoms with Crippen LogP contribution in [0, 0.1) is 6.92 Å². The van der Waals surface area contributed by atoms with E-state index in [2.05, 4.69) is 0 Å². The van der Waals surface area contributed by atoms with Gasteiger partial charge in [-0.1, -0.05) is 35.9 Å². The SMILES string of the molecule is Cc1ccc(O/C=C2\OC(=O)c3ccccc32)cc1Cl. The van der Waals surface area contributed by atoms with Gasteiger partial charge in [0.2, 0.25) is 0 Å². The van der Waals surface area contributed by atoms with Gasteiger partial charge in [0, 0.05) is 10.6 Å². The normalized spacial score (nSPS) is 15.1. The van der Waals surface area contributed by atoms with E-state index < -0.39 is 0 Å². The van der Waals surface area contributed by atoms with Gasteiger partial charge in [-0.15, -0.1) is 0 Å². The highest BCUT2D eigenvalue weighted by molar-refractivity contribution is 6.31. The number of carbonyl (C=O) groups is 1. The van der Waals surface area contributed by atoms with E-state index >= 15 is 0 Å². The molecule has 1 heterocycles. The molecule has 2 aromatic rings. The van der Waals surface area contributed by atoms with Crippen LogP contribution in [-0.4, -0.2) is 5.97 Å². The third kappa shape index (κ3) is 2.28. The van der Waals surface area contributed by atoms with Gasteiger partial charge in [-0.05, 0) is 30.7 Å².